The molecule has 2 aromatic heterocycles. The molecule has 44 heavy (non-hydrogen) atoms. The maximum absolute atomic E-state index is 5.13. The Labute approximate surface area is 255 Å². The average Bonchev–Trinajstić information content (AvgIpc) is 3.62. The first kappa shape index (κ1) is 24.8. The Morgan fingerprint density at radius 1 is 0.545 bits per heavy atom. The summed E-state index contributed by atoms with van der Waals surface area (Å²) in [5.41, 5.74) is 9.16. The molecule has 5 heteroatoms. The molecule has 2 aliphatic rings. The van der Waals surface area contributed by atoms with E-state index in [1.807, 2.05) is 36.4 Å². The molecule has 0 radical (unpaired) electrons. The topological polar surface area (TPSA) is 46.8 Å². The van der Waals surface area contributed by atoms with Crippen LogP contribution in [-0.4, -0.2) is 19.5 Å². The highest BCUT2D eigenvalue weighted by Gasteiger charge is 2.43. The van der Waals surface area contributed by atoms with Crippen LogP contribution in [0.5, 0.6) is 0 Å². The average molecular weight is 566 g/mol. The second-order valence-electron chi connectivity index (χ2n) is 11.3. The Morgan fingerprint density at radius 2 is 1.14 bits per heavy atom. The molecule has 208 valence electrons. The quantitative estimate of drug-likeness (QED) is 0.213. The van der Waals surface area contributed by atoms with E-state index in [1.165, 1.54) is 27.9 Å². The van der Waals surface area contributed by atoms with Crippen molar-refractivity contribution >= 4 is 28.4 Å². The van der Waals surface area contributed by atoms with Gasteiger partial charge in [0.25, 0.3) is 0 Å². The number of benzene rings is 5. The van der Waals surface area contributed by atoms with Crippen LogP contribution in [0.1, 0.15) is 28.8 Å². The molecule has 0 saturated heterocycles. The number of nitrogens with zero attached hydrogens (tertiary/aromatic N) is 5. The van der Waals surface area contributed by atoms with Crippen molar-refractivity contribution < 1.29 is 0 Å². The smallest absolute Gasteiger partial charge is 0.238 e. The van der Waals surface area contributed by atoms with Gasteiger partial charge in [-0.25, -0.2) is 4.98 Å². The van der Waals surface area contributed by atoms with Gasteiger partial charge in [0.05, 0.1) is 17.3 Å². The lowest BCUT2D eigenvalue weighted by Crippen LogP contribution is -2.24. The molecule has 5 aromatic carbocycles. The predicted molar refractivity (Wildman–Crippen MR) is 177 cm³/mol. The Balaban J connectivity index is 1.32. The molecule has 5 nitrogen and oxygen atoms in total. The van der Waals surface area contributed by atoms with Gasteiger partial charge in [-0.3, -0.25) is 4.57 Å². The summed E-state index contributed by atoms with van der Waals surface area (Å²) in [7, 11) is 0. The van der Waals surface area contributed by atoms with Gasteiger partial charge in [0, 0.05) is 39.4 Å². The zero-order valence-electron chi connectivity index (χ0n) is 23.8. The second-order valence-corrected chi connectivity index (χ2v) is 11.3. The normalized spacial score (nSPS) is 16.5. The first-order valence-corrected chi connectivity index (χ1v) is 15.0. The Bertz CT molecular complexity index is 2130. The summed E-state index contributed by atoms with van der Waals surface area (Å²) in [6.07, 6.45) is 4.64. The first-order valence-electron chi connectivity index (χ1n) is 15.0. The van der Waals surface area contributed by atoms with Crippen molar-refractivity contribution in [1.29, 1.82) is 0 Å². The SMILES string of the molecule is C1=CC2c3ccccc3N(c3ccccc3)C2c2c1n(-c1nc(-c3ccccc3)nc(-c3ccccc3)n1)c1ccccc21. The molecule has 1 aliphatic carbocycles. The monoisotopic (exact) mass is 565 g/mol. The van der Waals surface area contributed by atoms with Crippen LogP contribution >= 0.6 is 0 Å². The molecular formula is C39H27N5. The van der Waals surface area contributed by atoms with E-state index in [-0.39, 0.29) is 12.0 Å². The van der Waals surface area contributed by atoms with Crippen molar-refractivity contribution in [2.45, 2.75) is 12.0 Å². The maximum atomic E-state index is 5.13. The molecule has 9 rings (SSSR count). The molecule has 2 unspecified atom stereocenters. The van der Waals surface area contributed by atoms with Gasteiger partial charge in [-0.15, -0.1) is 0 Å². The Hall–Kier alpha value is -5.81. The van der Waals surface area contributed by atoms with Crippen molar-refractivity contribution in [2.24, 2.45) is 0 Å². The van der Waals surface area contributed by atoms with Gasteiger partial charge in [-0.05, 0) is 35.9 Å². The fourth-order valence-corrected chi connectivity index (χ4v) is 6.94. The number of hydrogen-bond donors (Lipinski definition) is 0. The van der Waals surface area contributed by atoms with Crippen molar-refractivity contribution in [3.8, 4) is 28.7 Å². The van der Waals surface area contributed by atoms with Crippen LogP contribution in [0.15, 0.2) is 146 Å². The Morgan fingerprint density at radius 3 is 1.84 bits per heavy atom. The third-order valence-corrected chi connectivity index (χ3v) is 8.80. The van der Waals surface area contributed by atoms with Crippen molar-refractivity contribution in [2.75, 3.05) is 4.90 Å². The summed E-state index contributed by atoms with van der Waals surface area (Å²) in [5.74, 6) is 2.13. The highest BCUT2D eigenvalue weighted by atomic mass is 15.2. The first-order chi connectivity index (χ1) is 21.8. The van der Waals surface area contributed by atoms with Crippen LogP contribution in [0.25, 0.3) is 45.7 Å². The summed E-state index contributed by atoms with van der Waals surface area (Å²) in [5, 5.41) is 1.21. The van der Waals surface area contributed by atoms with E-state index in [0.29, 0.717) is 17.6 Å². The second kappa shape index (κ2) is 9.89. The summed E-state index contributed by atoms with van der Waals surface area (Å²) in [6, 6.07) is 48.6. The minimum absolute atomic E-state index is 0.0879. The lowest BCUT2D eigenvalue weighted by molar-refractivity contribution is 0.668. The summed E-state index contributed by atoms with van der Waals surface area (Å²) < 4.78 is 2.23. The van der Waals surface area contributed by atoms with Crippen LogP contribution in [-0.2, 0) is 0 Å². The molecule has 0 bridgehead atoms. The van der Waals surface area contributed by atoms with Gasteiger partial charge >= 0.3 is 0 Å². The molecule has 1 aliphatic heterocycles. The fourth-order valence-electron chi connectivity index (χ4n) is 6.94. The van der Waals surface area contributed by atoms with Gasteiger partial charge in [0.15, 0.2) is 11.6 Å². The number of hydrogen-bond acceptors (Lipinski definition) is 4. The fraction of sp³-hybridized carbons (Fsp3) is 0.0513. The molecule has 0 amide bonds. The molecule has 0 N–H and O–H groups in total. The van der Waals surface area contributed by atoms with E-state index >= 15 is 0 Å². The highest BCUT2D eigenvalue weighted by molar-refractivity contribution is 5.93. The molecule has 7 aromatic rings. The van der Waals surface area contributed by atoms with Gasteiger partial charge in [-0.2, -0.15) is 9.97 Å². The third kappa shape index (κ3) is 3.76. The van der Waals surface area contributed by atoms with Crippen molar-refractivity contribution in [3.63, 3.8) is 0 Å². The van der Waals surface area contributed by atoms with E-state index in [2.05, 4.69) is 125 Å². The van der Waals surface area contributed by atoms with Crippen LogP contribution < -0.4 is 4.90 Å². The van der Waals surface area contributed by atoms with Crippen LogP contribution in [0.2, 0.25) is 0 Å². The zero-order chi connectivity index (χ0) is 29.0. The molecule has 0 fully saturated rings. The largest absolute Gasteiger partial charge is 0.333 e. The number of aromatic nitrogens is 4. The summed E-state index contributed by atoms with van der Waals surface area (Å²) in [4.78, 5) is 17.7. The van der Waals surface area contributed by atoms with Crippen LogP contribution in [0.4, 0.5) is 11.4 Å². The third-order valence-electron chi connectivity index (χ3n) is 8.80. The van der Waals surface area contributed by atoms with E-state index < -0.39 is 0 Å². The lowest BCUT2D eigenvalue weighted by Gasteiger charge is -2.32. The zero-order valence-corrected chi connectivity index (χ0v) is 23.8. The van der Waals surface area contributed by atoms with Gasteiger partial charge in [0.2, 0.25) is 5.95 Å². The number of anilines is 2. The maximum Gasteiger partial charge on any atom is 0.238 e. The van der Waals surface area contributed by atoms with E-state index in [0.717, 1.165) is 22.3 Å². The standard InChI is InChI=1S/C39H27N5/c1-4-14-26(15-5-1)37-40-38(27-16-6-2-7-17-27)42-39(41-37)44-33-23-13-11-21-31(33)35-34(44)25-24-30-29-20-10-12-22-32(29)43(36(30)35)28-18-8-3-9-19-28/h1-25,30,36H. The van der Waals surface area contributed by atoms with E-state index in [4.69, 9.17) is 15.0 Å². The van der Waals surface area contributed by atoms with Crippen molar-refractivity contribution in [3.05, 3.63) is 162 Å². The summed E-state index contributed by atoms with van der Waals surface area (Å²) in [6.45, 7) is 0. The molecular weight excluding hydrogens is 538 g/mol. The number of rotatable bonds is 4. The molecule has 3 heterocycles. The van der Waals surface area contributed by atoms with Crippen molar-refractivity contribution in [1.82, 2.24) is 19.5 Å². The summed E-state index contributed by atoms with van der Waals surface area (Å²) >= 11 is 0. The van der Waals surface area contributed by atoms with Crippen LogP contribution in [0, 0.1) is 0 Å². The van der Waals surface area contributed by atoms with E-state index in [1.54, 1.807) is 0 Å². The highest BCUT2D eigenvalue weighted by Crippen LogP contribution is 2.57. The number of para-hydroxylation sites is 3. The molecule has 2 atom stereocenters. The molecule has 0 saturated carbocycles. The van der Waals surface area contributed by atoms with Gasteiger partial charge in [0.1, 0.15) is 0 Å². The minimum Gasteiger partial charge on any atom is -0.333 e. The lowest BCUT2D eigenvalue weighted by atomic mass is 9.84. The molecule has 0 spiro atoms. The van der Waals surface area contributed by atoms with E-state index in [9.17, 15) is 0 Å². The number of fused-ring (bicyclic) bond motifs is 7. The predicted octanol–water partition coefficient (Wildman–Crippen LogP) is 9.15. The minimum atomic E-state index is 0.0879. The van der Waals surface area contributed by atoms with Crippen LogP contribution in [0.3, 0.4) is 0 Å². The Kier molecular flexibility index (Phi) is 5.56. The van der Waals surface area contributed by atoms with Gasteiger partial charge < -0.3 is 4.90 Å². The van der Waals surface area contributed by atoms with Gasteiger partial charge in [-0.1, -0.05) is 121 Å².